The van der Waals surface area contributed by atoms with Crippen molar-refractivity contribution < 1.29 is 23.1 Å². The number of nitrogens with one attached hydrogen (secondary N) is 2. The number of urea groups is 1. The second-order valence-electron chi connectivity index (χ2n) is 12.7. The number of hydrogen-bond acceptors (Lipinski definition) is 8. The fourth-order valence-corrected chi connectivity index (χ4v) is 7.88. The Morgan fingerprint density at radius 3 is 2.51 bits per heavy atom. The van der Waals surface area contributed by atoms with E-state index in [4.69, 9.17) is 9.72 Å². The molecule has 4 fully saturated rings. The summed E-state index contributed by atoms with van der Waals surface area (Å²) in [5.74, 6) is -1.20. The van der Waals surface area contributed by atoms with Crippen LogP contribution in [-0.4, -0.2) is 75.7 Å². The van der Waals surface area contributed by atoms with Crippen LogP contribution in [0.1, 0.15) is 44.9 Å². The van der Waals surface area contributed by atoms with Crippen molar-refractivity contribution >= 4 is 39.4 Å². The van der Waals surface area contributed by atoms with Gasteiger partial charge in [-0.3, -0.25) is 20.0 Å². The molecule has 1 unspecified atom stereocenters. The Hall–Kier alpha value is -4.45. The first-order valence-corrected chi connectivity index (χ1v) is 15.7. The van der Waals surface area contributed by atoms with Gasteiger partial charge in [0.1, 0.15) is 35.0 Å². The molecule has 4 aromatic rings. The van der Waals surface area contributed by atoms with Gasteiger partial charge in [-0.1, -0.05) is 30.3 Å². The minimum absolute atomic E-state index is 0.00116. The average molecular weight is 614 g/mol. The predicted molar refractivity (Wildman–Crippen MR) is 164 cm³/mol. The number of carbonyl (C=O) groups is 2. The molecular formula is C33H33F2N7O3. The highest BCUT2D eigenvalue weighted by Crippen LogP contribution is 2.40. The summed E-state index contributed by atoms with van der Waals surface area (Å²) >= 11 is 0. The van der Waals surface area contributed by atoms with Crippen LogP contribution in [0.4, 0.5) is 19.4 Å². The highest BCUT2D eigenvalue weighted by atomic mass is 19.1. The SMILES string of the molecule is O=C1NC(=O)C2(CCCCN(c3nc(OCC45CCCN4CCC5)nc4c(F)c(-c5cccc6cccc(F)c56)ncc34)C2)N1. The number of halogens is 2. The van der Waals surface area contributed by atoms with Crippen molar-refractivity contribution in [2.24, 2.45) is 0 Å². The molecule has 0 radical (unpaired) electrons. The number of anilines is 1. The summed E-state index contributed by atoms with van der Waals surface area (Å²) in [6.45, 7) is 3.11. The highest BCUT2D eigenvalue weighted by molar-refractivity contribution is 6.07. The molecule has 8 rings (SSSR count). The van der Waals surface area contributed by atoms with Gasteiger partial charge >= 0.3 is 12.0 Å². The molecule has 0 aliphatic carbocycles. The zero-order valence-corrected chi connectivity index (χ0v) is 24.7. The van der Waals surface area contributed by atoms with Crippen LogP contribution in [0.25, 0.3) is 32.9 Å². The number of rotatable bonds is 5. The molecule has 2 aromatic heterocycles. The largest absolute Gasteiger partial charge is 0.461 e. The summed E-state index contributed by atoms with van der Waals surface area (Å²) in [4.78, 5) is 43.4. The summed E-state index contributed by atoms with van der Waals surface area (Å²) in [6.07, 6.45) is 7.65. The van der Waals surface area contributed by atoms with Crippen LogP contribution in [0.3, 0.4) is 0 Å². The van der Waals surface area contributed by atoms with Gasteiger partial charge in [0.2, 0.25) is 0 Å². The second-order valence-corrected chi connectivity index (χ2v) is 12.7. The molecule has 4 saturated heterocycles. The van der Waals surface area contributed by atoms with Crippen LogP contribution in [0, 0.1) is 11.6 Å². The standard InChI is InChI=1S/C33H33F2N7O3/c34-23-10-4-8-20-7-3-9-21(24(20)23)26-25(35)27-22(17-36-26)28(41-14-2-1-13-33(18-41)29(43)39-30(44)40-33)38-31(37-27)45-19-32-11-5-15-42(32)16-6-12-32/h3-4,7-10,17H,1-2,5-6,11-16,18-19H2,(H2,39,40,43,44). The number of imide groups is 1. The van der Waals surface area contributed by atoms with Gasteiger partial charge in [-0.25, -0.2) is 13.6 Å². The minimum atomic E-state index is -1.13. The van der Waals surface area contributed by atoms with E-state index >= 15 is 8.78 Å². The van der Waals surface area contributed by atoms with Gasteiger partial charge in [0.25, 0.3) is 5.91 Å². The summed E-state index contributed by atoms with van der Waals surface area (Å²) in [7, 11) is 0. The molecule has 1 spiro atoms. The van der Waals surface area contributed by atoms with Crippen molar-refractivity contribution in [2.75, 3.05) is 37.7 Å². The second kappa shape index (κ2) is 10.6. The van der Waals surface area contributed by atoms with E-state index in [-0.39, 0.29) is 40.6 Å². The van der Waals surface area contributed by atoms with E-state index in [1.807, 2.05) is 4.90 Å². The van der Waals surface area contributed by atoms with E-state index in [1.165, 1.54) is 12.3 Å². The molecule has 6 heterocycles. The number of fused-ring (bicyclic) bond motifs is 3. The molecular weight excluding hydrogens is 580 g/mol. The molecule has 232 valence electrons. The summed E-state index contributed by atoms with van der Waals surface area (Å²) in [5.41, 5.74) is -0.928. The van der Waals surface area contributed by atoms with Gasteiger partial charge < -0.3 is 15.0 Å². The van der Waals surface area contributed by atoms with Gasteiger partial charge in [-0.2, -0.15) is 9.97 Å². The van der Waals surface area contributed by atoms with Gasteiger partial charge in [0.15, 0.2) is 5.82 Å². The van der Waals surface area contributed by atoms with E-state index in [1.54, 1.807) is 30.3 Å². The number of nitrogens with zero attached hydrogens (tertiary/aromatic N) is 5. The Balaban J connectivity index is 1.26. The maximum atomic E-state index is 16.7. The van der Waals surface area contributed by atoms with Crippen molar-refractivity contribution in [2.45, 2.75) is 56.0 Å². The molecule has 0 saturated carbocycles. The van der Waals surface area contributed by atoms with Crippen molar-refractivity contribution in [3.05, 3.63) is 54.2 Å². The molecule has 4 aliphatic rings. The van der Waals surface area contributed by atoms with E-state index in [0.717, 1.165) is 45.2 Å². The van der Waals surface area contributed by atoms with Crippen LogP contribution in [0.15, 0.2) is 42.6 Å². The first-order valence-electron chi connectivity index (χ1n) is 15.7. The van der Waals surface area contributed by atoms with Crippen molar-refractivity contribution in [3.8, 4) is 17.3 Å². The lowest BCUT2D eigenvalue weighted by molar-refractivity contribution is -0.123. The van der Waals surface area contributed by atoms with Gasteiger partial charge in [-0.15, -0.1) is 0 Å². The van der Waals surface area contributed by atoms with Crippen molar-refractivity contribution in [3.63, 3.8) is 0 Å². The fraction of sp³-hybridized carbons (Fsp3) is 0.424. The Labute approximate surface area is 258 Å². The lowest BCUT2D eigenvalue weighted by Gasteiger charge is -2.32. The van der Waals surface area contributed by atoms with E-state index in [2.05, 4.69) is 25.5 Å². The van der Waals surface area contributed by atoms with Crippen molar-refractivity contribution in [1.82, 2.24) is 30.5 Å². The fourth-order valence-electron chi connectivity index (χ4n) is 7.88. The number of pyridine rings is 1. The number of ether oxygens (including phenoxy) is 1. The van der Waals surface area contributed by atoms with Gasteiger partial charge in [0.05, 0.1) is 17.5 Å². The summed E-state index contributed by atoms with van der Waals surface area (Å²) in [5, 5.41) is 6.44. The summed E-state index contributed by atoms with van der Waals surface area (Å²) in [6, 6.07) is 9.40. The summed E-state index contributed by atoms with van der Waals surface area (Å²) < 4.78 is 38.1. The van der Waals surface area contributed by atoms with E-state index in [9.17, 15) is 9.59 Å². The number of benzene rings is 2. The lowest BCUT2D eigenvalue weighted by Crippen LogP contribution is -2.54. The smallest absolute Gasteiger partial charge is 0.322 e. The monoisotopic (exact) mass is 613 g/mol. The number of aromatic nitrogens is 3. The maximum absolute atomic E-state index is 16.7. The zero-order chi connectivity index (χ0) is 30.8. The predicted octanol–water partition coefficient (Wildman–Crippen LogP) is 4.70. The maximum Gasteiger partial charge on any atom is 0.322 e. The molecule has 45 heavy (non-hydrogen) atoms. The van der Waals surface area contributed by atoms with Crippen LogP contribution < -0.4 is 20.3 Å². The molecule has 2 N–H and O–H groups in total. The first-order chi connectivity index (χ1) is 21.9. The molecule has 12 heteroatoms. The van der Waals surface area contributed by atoms with E-state index in [0.29, 0.717) is 48.1 Å². The quantitative estimate of drug-likeness (QED) is 0.312. The number of carbonyl (C=O) groups excluding carboxylic acids is 2. The van der Waals surface area contributed by atoms with Crippen molar-refractivity contribution in [1.29, 1.82) is 0 Å². The topological polar surface area (TPSA) is 113 Å². The number of amides is 3. The Bertz CT molecular complexity index is 1850. The minimum Gasteiger partial charge on any atom is -0.461 e. The number of hydrogen-bond donors (Lipinski definition) is 2. The van der Waals surface area contributed by atoms with Crippen LogP contribution >= 0.6 is 0 Å². The molecule has 0 bridgehead atoms. The Kier molecular flexibility index (Phi) is 6.59. The Morgan fingerprint density at radius 2 is 1.73 bits per heavy atom. The van der Waals surface area contributed by atoms with Crippen LogP contribution in [0.5, 0.6) is 6.01 Å². The molecule has 3 amide bonds. The molecule has 1 atom stereocenters. The van der Waals surface area contributed by atoms with Gasteiger partial charge in [0, 0.05) is 23.7 Å². The van der Waals surface area contributed by atoms with Crippen LogP contribution in [-0.2, 0) is 4.79 Å². The molecule has 4 aliphatic heterocycles. The molecule has 10 nitrogen and oxygen atoms in total. The lowest BCUT2D eigenvalue weighted by atomic mass is 9.93. The van der Waals surface area contributed by atoms with Crippen LogP contribution in [0.2, 0.25) is 0 Å². The third-order valence-electron chi connectivity index (χ3n) is 10.1. The molecule has 2 aromatic carbocycles. The van der Waals surface area contributed by atoms with E-state index < -0.39 is 23.2 Å². The normalized spacial score (nSPS) is 23.0. The Morgan fingerprint density at radius 1 is 0.933 bits per heavy atom. The highest BCUT2D eigenvalue weighted by Gasteiger charge is 2.48. The third-order valence-corrected chi connectivity index (χ3v) is 10.1. The van der Waals surface area contributed by atoms with Gasteiger partial charge in [-0.05, 0) is 69.5 Å². The average Bonchev–Trinajstić information content (AvgIpc) is 3.64. The first kappa shape index (κ1) is 28.1. The third kappa shape index (κ3) is 4.56. The zero-order valence-electron chi connectivity index (χ0n) is 24.7.